The van der Waals surface area contributed by atoms with Crippen molar-refractivity contribution in [2.45, 2.75) is 18.7 Å². The summed E-state index contributed by atoms with van der Waals surface area (Å²) < 4.78 is 0. The minimum absolute atomic E-state index is 0.0555. The fraction of sp³-hybridized carbons (Fsp3) is 0.214. The summed E-state index contributed by atoms with van der Waals surface area (Å²) in [5.74, 6) is 0.0555. The lowest BCUT2D eigenvalue weighted by Crippen LogP contribution is -2.03. The van der Waals surface area contributed by atoms with E-state index in [-0.39, 0.29) is 11.3 Å². The molecule has 92 valence electrons. The highest BCUT2D eigenvalue weighted by Crippen LogP contribution is 2.35. The first-order valence-electron chi connectivity index (χ1n) is 5.74. The maximum absolute atomic E-state index is 11.3. The summed E-state index contributed by atoms with van der Waals surface area (Å²) in [7, 11) is 0. The molecule has 0 spiro atoms. The number of fused-ring (bicyclic) bond motifs is 1. The zero-order valence-corrected chi connectivity index (χ0v) is 11.4. The van der Waals surface area contributed by atoms with Crippen LogP contribution in [0.15, 0.2) is 29.0 Å². The van der Waals surface area contributed by atoms with E-state index in [0.29, 0.717) is 6.42 Å². The molecular formula is C14H12ClNOS. The van der Waals surface area contributed by atoms with Gasteiger partial charge in [-0.15, -0.1) is 11.6 Å². The Morgan fingerprint density at radius 2 is 2.22 bits per heavy atom. The van der Waals surface area contributed by atoms with Gasteiger partial charge < -0.3 is 5.32 Å². The van der Waals surface area contributed by atoms with Gasteiger partial charge in [-0.05, 0) is 46.0 Å². The summed E-state index contributed by atoms with van der Waals surface area (Å²) in [4.78, 5) is 11.3. The highest BCUT2D eigenvalue weighted by Gasteiger charge is 2.20. The molecule has 0 bridgehead atoms. The molecule has 1 unspecified atom stereocenters. The third-order valence-corrected chi connectivity index (χ3v) is 4.58. The van der Waals surface area contributed by atoms with Crippen molar-refractivity contribution in [3.63, 3.8) is 0 Å². The minimum atomic E-state index is -0.141. The van der Waals surface area contributed by atoms with Crippen LogP contribution in [-0.2, 0) is 11.2 Å². The number of hydrogen-bond acceptors (Lipinski definition) is 2. The molecule has 2 nitrogen and oxygen atoms in total. The lowest BCUT2D eigenvalue weighted by Gasteiger charge is -2.11. The Hall–Kier alpha value is -1.32. The van der Waals surface area contributed by atoms with Crippen molar-refractivity contribution < 1.29 is 4.79 Å². The van der Waals surface area contributed by atoms with E-state index in [1.54, 1.807) is 11.3 Å². The molecule has 2 heterocycles. The zero-order chi connectivity index (χ0) is 12.7. The van der Waals surface area contributed by atoms with E-state index in [9.17, 15) is 4.79 Å². The Labute approximate surface area is 115 Å². The van der Waals surface area contributed by atoms with Gasteiger partial charge in [0.15, 0.2) is 0 Å². The smallest absolute Gasteiger partial charge is 0.228 e. The maximum atomic E-state index is 11.3. The molecule has 18 heavy (non-hydrogen) atoms. The van der Waals surface area contributed by atoms with E-state index in [1.807, 2.05) is 18.2 Å². The SMILES string of the molecule is Cc1cscc1C(Cl)c1ccc2c(c1)CC(=O)N2. The van der Waals surface area contributed by atoms with Crippen LogP contribution in [0.25, 0.3) is 0 Å². The van der Waals surface area contributed by atoms with Gasteiger partial charge in [0, 0.05) is 5.69 Å². The van der Waals surface area contributed by atoms with Crippen molar-refractivity contribution in [2.75, 3.05) is 5.32 Å². The number of aryl methyl sites for hydroxylation is 1. The van der Waals surface area contributed by atoms with Crippen molar-refractivity contribution in [3.8, 4) is 0 Å². The van der Waals surface area contributed by atoms with Crippen LogP contribution in [0, 0.1) is 6.92 Å². The average Bonchev–Trinajstić information content (AvgIpc) is 2.91. The molecule has 1 aromatic carbocycles. The van der Waals surface area contributed by atoms with Gasteiger partial charge in [0.05, 0.1) is 11.8 Å². The predicted octanol–water partition coefficient (Wildman–Crippen LogP) is 3.88. The first kappa shape index (κ1) is 11.8. The first-order valence-corrected chi connectivity index (χ1v) is 7.12. The molecule has 3 rings (SSSR count). The van der Waals surface area contributed by atoms with Gasteiger partial charge in [-0.3, -0.25) is 4.79 Å². The number of carbonyl (C=O) groups excluding carboxylic acids is 1. The van der Waals surface area contributed by atoms with Crippen LogP contribution in [0.2, 0.25) is 0 Å². The number of thiophene rings is 1. The molecule has 0 aliphatic carbocycles. The van der Waals surface area contributed by atoms with Gasteiger partial charge in [0.2, 0.25) is 5.91 Å². The lowest BCUT2D eigenvalue weighted by atomic mass is 10.0. The Kier molecular flexibility index (Phi) is 2.88. The number of hydrogen-bond donors (Lipinski definition) is 1. The second kappa shape index (κ2) is 4.41. The van der Waals surface area contributed by atoms with Crippen molar-refractivity contribution in [2.24, 2.45) is 0 Å². The molecule has 0 radical (unpaired) electrons. The summed E-state index contributed by atoms with van der Waals surface area (Å²) in [5, 5.41) is 6.88. The molecule has 2 aromatic rings. The topological polar surface area (TPSA) is 29.1 Å². The van der Waals surface area contributed by atoms with Crippen molar-refractivity contribution in [1.82, 2.24) is 0 Å². The molecule has 1 aliphatic rings. The fourth-order valence-corrected chi connectivity index (χ4v) is 3.54. The normalized spacial score (nSPS) is 15.3. The molecule has 0 saturated carbocycles. The Morgan fingerprint density at radius 1 is 1.39 bits per heavy atom. The van der Waals surface area contributed by atoms with E-state index >= 15 is 0 Å². The quantitative estimate of drug-likeness (QED) is 0.830. The van der Waals surface area contributed by atoms with Crippen LogP contribution in [0.5, 0.6) is 0 Å². The number of nitrogens with one attached hydrogen (secondary N) is 1. The number of rotatable bonds is 2. The molecule has 1 atom stereocenters. The molecule has 1 N–H and O–H groups in total. The Bertz CT molecular complexity index is 620. The number of anilines is 1. The predicted molar refractivity (Wildman–Crippen MR) is 75.5 cm³/mol. The van der Waals surface area contributed by atoms with E-state index in [2.05, 4.69) is 23.0 Å². The Morgan fingerprint density at radius 3 is 2.94 bits per heavy atom. The number of carbonyl (C=O) groups is 1. The maximum Gasteiger partial charge on any atom is 0.228 e. The largest absolute Gasteiger partial charge is 0.326 e. The second-order valence-corrected chi connectivity index (χ2v) is 5.69. The number of alkyl halides is 1. The number of amides is 1. The summed E-state index contributed by atoms with van der Waals surface area (Å²) in [6.45, 7) is 2.07. The van der Waals surface area contributed by atoms with E-state index < -0.39 is 0 Å². The van der Waals surface area contributed by atoms with Crippen LogP contribution in [0.3, 0.4) is 0 Å². The highest BCUT2D eigenvalue weighted by atomic mass is 35.5. The summed E-state index contributed by atoms with van der Waals surface area (Å²) in [6, 6.07) is 5.95. The van der Waals surface area contributed by atoms with E-state index in [4.69, 9.17) is 11.6 Å². The highest BCUT2D eigenvalue weighted by molar-refractivity contribution is 7.08. The lowest BCUT2D eigenvalue weighted by molar-refractivity contribution is -0.115. The van der Waals surface area contributed by atoms with Crippen LogP contribution < -0.4 is 5.32 Å². The summed E-state index contributed by atoms with van der Waals surface area (Å²) >= 11 is 8.18. The van der Waals surface area contributed by atoms with E-state index in [0.717, 1.165) is 22.4 Å². The number of halogens is 1. The summed E-state index contributed by atoms with van der Waals surface area (Å²) in [6.07, 6.45) is 0.454. The zero-order valence-electron chi connectivity index (χ0n) is 9.87. The average molecular weight is 278 g/mol. The molecule has 4 heteroatoms. The van der Waals surface area contributed by atoms with Gasteiger partial charge in [-0.2, -0.15) is 11.3 Å². The molecular weight excluding hydrogens is 266 g/mol. The summed E-state index contributed by atoms with van der Waals surface area (Å²) in [5.41, 5.74) is 5.37. The van der Waals surface area contributed by atoms with Gasteiger partial charge in [0.25, 0.3) is 0 Å². The van der Waals surface area contributed by atoms with Crippen LogP contribution in [-0.4, -0.2) is 5.91 Å². The van der Waals surface area contributed by atoms with Gasteiger partial charge in [0.1, 0.15) is 0 Å². The second-order valence-electron chi connectivity index (χ2n) is 4.51. The number of benzene rings is 1. The monoisotopic (exact) mass is 277 g/mol. The van der Waals surface area contributed by atoms with Crippen LogP contribution >= 0.6 is 22.9 Å². The standard InChI is InChI=1S/C14H12ClNOS/c1-8-6-18-7-11(8)14(15)9-2-3-12-10(4-9)5-13(17)16-12/h2-4,6-7,14H,5H2,1H3,(H,16,17). The van der Waals surface area contributed by atoms with Crippen molar-refractivity contribution in [3.05, 3.63) is 51.2 Å². The molecule has 1 aromatic heterocycles. The van der Waals surface area contributed by atoms with Crippen LogP contribution in [0.4, 0.5) is 5.69 Å². The minimum Gasteiger partial charge on any atom is -0.326 e. The van der Waals surface area contributed by atoms with Gasteiger partial charge >= 0.3 is 0 Å². The van der Waals surface area contributed by atoms with Crippen molar-refractivity contribution >= 4 is 34.5 Å². The first-order chi connectivity index (χ1) is 8.65. The van der Waals surface area contributed by atoms with E-state index in [1.165, 1.54) is 5.56 Å². The third kappa shape index (κ3) is 1.93. The fourth-order valence-electron chi connectivity index (χ4n) is 2.22. The molecule has 0 fully saturated rings. The van der Waals surface area contributed by atoms with Crippen LogP contribution in [0.1, 0.15) is 27.6 Å². The van der Waals surface area contributed by atoms with Gasteiger partial charge in [-0.1, -0.05) is 12.1 Å². The van der Waals surface area contributed by atoms with Gasteiger partial charge in [-0.25, -0.2) is 0 Å². The third-order valence-electron chi connectivity index (χ3n) is 3.22. The molecule has 1 amide bonds. The Balaban J connectivity index is 1.97. The molecule has 1 aliphatic heterocycles. The molecule has 0 saturated heterocycles. The van der Waals surface area contributed by atoms with Crippen molar-refractivity contribution in [1.29, 1.82) is 0 Å².